The molecule has 0 atom stereocenters. The Kier molecular flexibility index (Phi) is 7.94. The first-order chi connectivity index (χ1) is 16.8. The number of aryl methyl sites for hydroxylation is 2. The maximum Gasteiger partial charge on any atom is 0.341 e. The van der Waals surface area contributed by atoms with E-state index in [0.717, 1.165) is 73.2 Å². The van der Waals surface area contributed by atoms with Gasteiger partial charge in [-0.05, 0) is 86.8 Å². The fourth-order valence-corrected chi connectivity index (χ4v) is 5.31. The summed E-state index contributed by atoms with van der Waals surface area (Å²) in [5, 5.41) is 9.55. The predicted molar refractivity (Wildman–Crippen MR) is 140 cm³/mol. The number of unbranched alkanes of at least 4 members (excludes halogenated alkanes) is 3. The van der Waals surface area contributed by atoms with Crippen LogP contribution in [-0.2, 0) is 0 Å². The summed E-state index contributed by atoms with van der Waals surface area (Å²) in [6.45, 7) is 5.68. The number of aromatic nitrogens is 1. The van der Waals surface area contributed by atoms with Crippen LogP contribution in [0.4, 0.5) is 4.39 Å². The highest BCUT2D eigenvalue weighted by molar-refractivity contribution is 7.97. The van der Waals surface area contributed by atoms with E-state index in [4.69, 9.17) is 5.73 Å². The van der Waals surface area contributed by atoms with Crippen molar-refractivity contribution in [1.29, 1.82) is 0 Å². The molecule has 1 aliphatic rings. The molecular formula is C27H32FN3O3S. The van der Waals surface area contributed by atoms with Crippen molar-refractivity contribution in [3.63, 3.8) is 0 Å². The van der Waals surface area contributed by atoms with Crippen LogP contribution in [0.3, 0.4) is 0 Å². The van der Waals surface area contributed by atoms with Crippen LogP contribution in [0, 0.1) is 19.7 Å². The molecule has 0 bridgehead atoms. The van der Waals surface area contributed by atoms with E-state index in [2.05, 4.69) is 4.72 Å². The Balaban J connectivity index is 1.63. The molecule has 186 valence electrons. The van der Waals surface area contributed by atoms with Crippen molar-refractivity contribution in [1.82, 2.24) is 9.29 Å². The van der Waals surface area contributed by atoms with Crippen molar-refractivity contribution in [3.05, 3.63) is 63.2 Å². The van der Waals surface area contributed by atoms with Gasteiger partial charge in [-0.25, -0.2) is 9.18 Å². The molecule has 1 aliphatic carbocycles. The average Bonchev–Trinajstić information content (AvgIpc) is 3.65. The standard InChI is InChI=1S/C27H32FN3O3S/c1-16-11-18(12-17(2)26(16)35-30-10-6-4-3-5-9-29)20-14-24-21(13-23(20)28)25(32)22(27(33)34)15-31(24)19-7-8-19/h11-15,19,30H,3-10,29H2,1-2H3,(H,33,34). The van der Waals surface area contributed by atoms with Gasteiger partial charge in [0.2, 0.25) is 5.43 Å². The Bertz CT molecular complexity index is 1290. The summed E-state index contributed by atoms with van der Waals surface area (Å²) in [4.78, 5) is 25.4. The summed E-state index contributed by atoms with van der Waals surface area (Å²) in [5.74, 6) is -1.83. The Hall–Kier alpha value is -2.68. The smallest absolute Gasteiger partial charge is 0.341 e. The molecule has 2 aromatic carbocycles. The van der Waals surface area contributed by atoms with Gasteiger partial charge < -0.3 is 15.4 Å². The molecule has 35 heavy (non-hydrogen) atoms. The van der Waals surface area contributed by atoms with Crippen molar-refractivity contribution in [2.45, 2.75) is 63.3 Å². The molecule has 1 heterocycles. The number of nitrogens with zero attached hydrogens (tertiary/aromatic N) is 1. The van der Waals surface area contributed by atoms with Crippen molar-refractivity contribution in [2.24, 2.45) is 5.73 Å². The zero-order valence-corrected chi connectivity index (χ0v) is 21.0. The number of benzene rings is 2. The van der Waals surface area contributed by atoms with E-state index < -0.39 is 17.2 Å². The quantitative estimate of drug-likeness (QED) is 0.237. The minimum Gasteiger partial charge on any atom is -0.477 e. The summed E-state index contributed by atoms with van der Waals surface area (Å²) < 4.78 is 20.5. The third-order valence-corrected chi connectivity index (χ3v) is 7.67. The summed E-state index contributed by atoms with van der Waals surface area (Å²) in [6, 6.07) is 6.95. The number of carbonyl (C=O) groups is 1. The SMILES string of the molecule is Cc1cc(-c2cc3c(cc2F)c(=O)c(C(=O)O)cn3C2CC2)cc(C)c1SNCCCCCCN. The zero-order chi connectivity index (χ0) is 25.1. The van der Waals surface area contributed by atoms with E-state index in [9.17, 15) is 14.7 Å². The second-order valence-electron chi connectivity index (χ2n) is 9.30. The lowest BCUT2D eigenvalue weighted by atomic mass is 9.98. The van der Waals surface area contributed by atoms with E-state index in [0.29, 0.717) is 11.1 Å². The fraction of sp³-hybridized carbons (Fsp3) is 0.407. The molecule has 3 aromatic rings. The maximum absolute atomic E-state index is 15.3. The summed E-state index contributed by atoms with van der Waals surface area (Å²) >= 11 is 1.60. The summed E-state index contributed by atoms with van der Waals surface area (Å²) in [5.41, 5.74) is 8.37. The van der Waals surface area contributed by atoms with Crippen molar-refractivity contribution in [2.75, 3.05) is 13.1 Å². The minimum atomic E-state index is -1.29. The molecule has 0 spiro atoms. The molecule has 1 aromatic heterocycles. The van der Waals surface area contributed by atoms with Crippen molar-refractivity contribution < 1.29 is 14.3 Å². The molecular weight excluding hydrogens is 465 g/mol. The van der Waals surface area contributed by atoms with Gasteiger partial charge in [-0.1, -0.05) is 25.0 Å². The first-order valence-electron chi connectivity index (χ1n) is 12.1. The van der Waals surface area contributed by atoms with Gasteiger partial charge in [0.25, 0.3) is 0 Å². The number of pyridine rings is 1. The van der Waals surface area contributed by atoms with Gasteiger partial charge in [0.15, 0.2) is 0 Å². The number of hydrogen-bond acceptors (Lipinski definition) is 5. The Morgan fingerprint density at radius 3 is 2.46 bits per heavy atom. The van der Waals surface area contributed by atoms with E-state index in [1.807, 2.05) is 30.5 Å². The highest BCUT2D eigenvalue weighted by Gasteiger charge is 2.27. The van der Waals surface area contributed by atoms with Crippen LogP contribution in [0.15, 0.2) is 40.2 Å². The van der Waals surface area contributed by atoms with Gasteiger partial charge in [-0.2, -0.15) is 0 Å². The van der Waals surface area contributed by atoms with Gasteiger partial charge in [-0.15, -0.1) is 0 Å². The van der Waals surface area contributed by atoms with Crippen LogP contribution in [0.5, 0.6) is 0 Å². The zero-order valence-electron chi connectivity index (χ0n) is 20.2. The highest BCUT2D eigenvalue weighted by atomic mass is 32.2. The van der Waals surface area contributed by atoms with Gasteiger partial charge in [-0.3, -0.25) is 9.52 Å². The van der Waals surface area contributed by atoms with Gasteiger partial charge in [0.1, 0.15) is 11.4 Å². The molecule has 4 rings (SSSR count). The van der Waals surface area contributed by atoms with E-state index >= 15 is 4.39 Å². The van der Waals surface area contributed by atoms with Gasteiger partial charge >= 0.3 is 5.97 Å². The molecule has 0 amide bonds. The normalized spacial score (nSPS) is 13.5. The number of fused-ring (bicyclic) bond motifs is 1. The molecule has 6 nitrogen and oxygen atoms in total. The first kappa shape index (κ1) is 25.4. The number of nitrogens with two attached hydrogens (primary N) is 1. The maximum atomic E-state index is 15.3. The first-order valence-corrected chi connectivity index (χ1v) is 13.0. The monoisotopic (exact) mass is 497 g/mol. The number of hydrogen-bond donors (Lipinski definition) is 3. The third-order valence-electron chi connectivity index (χ3n) is 6.47. The lowest BCUT2D eigenvalue weighted by molar-refractivity contribution is 0.0695. The second kappa shape index (κ2) is 10.9. The molecule has 1 saturated carbocycles. The van der Waals surface area contributed by atoms with Crippen LogP contribution in [0.1, 0.15) is 66.1 Å². The second-order valence-corrected chi connectivity index (χ2v) is 10.2. The van der Waals surface area contributed by atoms with Crippen LogP contribution in [0.25, 0.3) is 22.0 Å². The molecule has 0 saturated heterocycles. The average molecular weight is 498 g/mol. The number of aromatic carboxylic acids is 1. The predicted octanol–water partition coefficient (Wildman–Crippen LogP) is 5.57. The van der Waals surface area contributed by atoms with Crippen LogP contribution >= 0.6 is 11.9 Å². The summed E-state index contributed by atoms with van der Waals surface area (Å²) in [7, 11) is 0. The highest BCUT2D eigenvalue weighted by Crippen LogP contribution is 2.39. The van der Waals surface area contributed by atoms with Crippen LogP contribution < -0.4 is 15.9 Å². The Labute approximate surface area is 208 Å². The van der Waals surface area contributed by atoms with E-state index in [-0.39, 0.29) is 17.0 Å². The van der Waals surface area contributed by atoms with E-state index in [1.54, 1.807) is 18.0 Å². The number of nitrogens with one attached hydrogen (secondary N) is 1. The molecule has 8 heteroatoms. The van der Waals surface area contributed by atoms with Gasteiger partial charge in [0, 0.05) is 34.6 Å². The Morgan fingerprint density at radius 1 is 1.14 bits per heavy atom. The van der Waals surface area contributed by atoms with Crippen molar-refractivity contribution >= 4 is 28.8 Å². The molecule has 0 radical (unpaired) electrons. The number of carboxylic acid groups (broad SMARTS) is 1. The topological polar surface area (TPSA) is 97.3 Å². The lowest BCUT2D eigenvalue weighted by Gasteiger charge is -2.16. The van der Waals surface area contributed by atoms with Gasteiger partial charge in [0.05, 0.1) is 5.52 Å². The number of halogens is 1. The number of rotatable bonds is 11. The third kappa shape index (κ3) is 5.60. The Morgan fingerprint density at radius 2 is 1.83 bits per heavy atom. The largest absolute Gasteiger partial charge is 0.477 e. The van der Waals surface area contributed by atoms with Crippen LogP contribution in [-0.4, -0.2) is 28.7 Å². The molecule has 0 unspecified atom stereocenters. The summed E-state index contributed by atoms with van der Waals surface area (Å²) in [6.07, 6.45) is 7.70. The molecule has 4 N–H and O–H groups in total. The lowest BCUT2D eigenvalue weighted by Crippen LogP contribution is -2.19. The minimum absolute atomic E-state index is 0.106. The van der Waals surface area contributed by atoms with Crippen LogP contribution in [0.2, 0.25) is 0 Å². The fourth-order valence-electron chi connectivity index (χ4n) is 4.48. The molecule has 1 fully saturated rings. The van der Waals surface area contributed by atoms with Crippen molar-refractivity contribution in [3.8, 4) is 11.1 Å². The number of carboxylic acids is 1. The molecule has 0 aliphatic heterocycles. The van der Waals surface area contributed by atoms with E-state index in [1.165, 1.54) is 12.3 Å².